The molecule has 2 fully saturated rings. The van der Waals surface area contributed by atoms with Crippen LogP contribution < -0.4 is 4.90 Å². The molecule has 0 radical (unpaired) electrons. The van der Waals surface area contributed by atoms with E-state index in [2.05, 4.69) is 47.4 Å². The predicted molar refractivity (Wildman–Crippen MR) is 100 cm³/mol. The molecule has 0 saturated carbocycles. The first kappa shape index (κ1) is 14.7. The first-order valence-corrected chi connectivity index (χ1v) is 8.96. The molecule has 2 atom stereocenters. The van der Waals surface area contributed by atoms with Gasteiger partial charge < -0.3 is 0 Å². The van der Waals surface area contributed by atoms with Gasteiger partial charge in [-0.2, -0.15) is 0 Å². The lowest BCUT2D eigenvalue weighted by molar-refractivity contribution is -0.119. The summed E-state index contributed by atoms with van der Waals surface area (Å²) in [4.78, 5) is 17.6. The zero-order chi connectivity index (χ0) is 16.8. The highest BCUT2D eigenvalue weighted by atomic mass is 16.2. The summed E-state index contributed by atoms with van der Waals surface area (Å²) in [5.74, 6) is 0.238. The van der Waals surface area contributed by atoms with Gasteiger partial charge in [-0.25, -0.2) is 0 Å². The molecule has 3 nitrogen and oxygen atoms in total. The Labute approximate surface area is 147 Å². The molecule has 3 aromatic carbocycles. The fraction of sp³-hybridized carbons (Fsp3) is 0.227. The average Bonchev–Trinajstić information content (AvgIpc) is 3.24. The molecule has 3 heteroatoms. The minimum absolute atomic E-state index is 0.0178. The number of rotatable bonds is 2. The van der Waals surface area contributed by atoms with Gasteiger partial charge in [0.1, 0.15) is 6.17 Å². The molecule has 0 bridgehead atoms. The third-order valence-electron chi connectivity index (χ3n) is 5.51. The van der Waals surface area contributed by atoms with Gasteiger partial charge in [0.2, 0.25) is 5.91 Å². The molecular weight excluding hydrogens is 308 g/mol. The van der Waals surface area contributed by atoms with E-state index in [0.717, 1.165) is 25.1 Å². The SMILES string of the molecule is O=C1[C@@H]2CCCN2[C@@H](c2cccc3ccccc23)N1c1ccccc1. The lowest BCUT2D eigenvalue weighted by atomic mass is 10.0. The fourth-order valence-electron chi connectivity index (χ4n) is 4.43. The molecule has 124 valence electrons. The Bertz CT molecular complexity index is 932. The molecule has 2 aliphatic rings. The van der Waals surface area contributed by atoms with Crippen LogP contribution in [0.5, 0.6) is 0 Å². The highest BCUT2D eigenvalue weighted by Crippen LogP contribution is 2.43. The quantitative estimate of drug-likeness (QED) is 0.698. The van der Waals surface area contributed by atoms with Gasteiger partial charge in [-0.3, -0.25) is 14.6 Å². The van der Waals surface area contributed by atoms with Gasteiger partial charge in [-0.1, -0.05) is 60.7 Å². The van der Waals surface area contributed by atoms with Crippen LogP contribution in [0.1, 0.15) is 24.6 Å². The number of carbonyl (C=O) groups excluding carboxylic acids is 1. The maximum absolute atomic E-state index is 13.2. The monoisotopic (exact) mass is 328 g/mol. The van der Waals surface area contributed by atoms with E-state index in [1.807, 2.05) is 35.2 Å². The van der Waals surface area contributed by atoms with Gasteiger partial charge in [0.25, 0.3) is 0 Å². The minimum Gasteiger partial charge on any atom is -0.291 e. The molecule has 0 N–H and O–H groups in total. The van der Waals surface area contributed by atoms with E-state index >= 15 is 0 Å². The Balaban J connectivity index is 1.72. The number of fused-ring (bicyclic) bond motifs is 2. The number of amides is 1. The molecule has 0 spiro atoms. The van der Waals surface area contributed by atoms with Crippen molar-refractivity contribution in [2.24, 2.45) is 0 Å². The normalized spacial score (nSPS) is 23.4. The molecule has 2 heterocycles. The Morgan fingerprint density at radius 2 is 1.60 bits per heavy atom. The van der Waals surface area contributed by atoms with E-state index in [4.69, 9.17) is 0 Å². The molecule has 5 rings (SSSR count). The summed E-state index contributed by atoms with van der Waals surface area (Å²) in [6.07, 6.45) is 2.04. The standard InChI is InChI=1S/C22H20N2O/c25-22-20-14-7-15-23(20)21(24(22)17-10-2-1-3-11-17)19-13-6-9-16-8-4-5-12-18(16)19/h1-6,8-13,20-21H,7,14-15H2/t20-,21+/m0/s1. The molecule has 2 saturated heterocycles. The van der Waals surface area contributed by atoms with Gasteiger partial charge in [0.15, 0.2) is 0 Å². The van der Waals surface area contributed by atoms with Crippen molar-refractivity contribution in [1.82, 2.24) is 4.90 Å². The summed E-state index contributed by atoms with van der Waals surface area (Å²) in [6, 6.07) is 25.0. The maximum Gasteiger partial charge on any atom is 0.246 e. The van der Waals surface area contributed by atoms with Crippen LogP contribution in [-0.4, -0.2) is 23.4 Å². The van der Waals surface area contributed by atoms with E-state index in [1.165, 1.54) is 16.3 Å². The molecule has 1 amide bonds. The molecule has 0 aliphatic carbocycles. The molecule has 3 aromatic rings. The van der Waals surface area contributed by atoms with Gasteiger partial charge in [-0.15, -0.1) is 0 Å². The van der Waals surface area contributed by atoms with Gasteiger partial charge in [0.05, 0.1) is 6.04 Å². The van der Waals surface area contributed by atoms with Crippen LogP contribution in [0.3, 0.4) is 0 Å². The zero-order valence-electron chi connectivity index (χ0n) is 14.0. The molecule has 0 aromatic heterocycles. The van der Waals surface area contributed by atoms with Crippen molar-refractivity contribution in [2.75, 3.05) is 11.4 Å². The van der Waals surface area contributed by atoms with Crippen molar-refractivity contribution < 1.29 is 4.79 Å². The van der Waals surface area contributed by atoms with E-state index in [-0.39, 0.29) is 18.1 Å². The van der Waals surface area contributed by atoms with Crippen molar-refractivity contribution in [3.05, 3.63) is 78.4 Å². The summed E-state index contributed by atoms with van der Waals surface area (Å²) in [7, 11) is 0. The van der Waals surface area contributed by atoms with Crippen molar-refractivity contribution in [1.29, 1.82) is 0 Å². The van der Waals surface area contributed by atoms with E-state index < -0.39 is 0 Å². The van der Waals surface area contributed by atoms with Crippen molar-refractivity contribution in [3.8, 4) is 0 Å². The topological polar surface area (TPSA) is 23.6 Å². The predicted octanol–water partition coefficient (Wildman–Crippen LogP) is 4.35. The Morgan fingerprint density at radius 3 is 2.48 bits per heavy atom. The summed E-state index contributed by atoms with van der Waals surface area (Å²) in [5.41, 5.74) is 2.21. The number of hydrogen-bond donors (Lipinski definition) is 0. The van der Waals surface area contributed by atoms with Crippen LogP contribution in [-0.2, 0) is 4.79 Å². The summed E-state index contributed by atoms with van der Waals surface area (Å²) in [5, 5.41) is 2.46. The van der Waals surface area contributed by atoms with Crippen LogP contribution in [0.2, 0.25) is 0 Å². The third kappa shape index (κ3) is 2.19. The Hall–Kier alpha value is -2.65. The average molecular weight is 328 g/mol. The number of carbonyl (C=O) groups is 1. The third-order valence-corrected chi connectivity index (χ3v) is 5.51. The van der Waals surface area contributed by atoms with Gasteiger partial charge >= 0.3 is 0 Å². The Morgan fingerprint density at radius 1 is 0.840 bits per heavy atom. The maximum atomic E-state index is 13.2. The highest BCUT2D eigenvalue weighted by molar-refractivity contribution is 6.01. The summed E-state index contributed by atoms with van der Waals surface area (Å²) >= 11 is 0. The second-order valence-electron chi connectivity index (χ2n) is 6.88. The smallest absolute Gasteiger partial charge is 0.246 e. The van der Waals surface area contributed by atoms with Crippen LogP contribution >= 0.6 is 0 Å². The zero-order valence-corrected chi connectivity index (χ0v) is 14.0. The number of hydrogen-bond acceptors (Lipinski definition) is 2. The molecule has 2 aliphatic heterocycles. The van der Waals surface area contributed by atoms with Crippen LogP contribution in [0.25, 0.3) is 10.8 Å². The van der Waals surface area contributed by atoms with Gasteiger partial charge in [-0.05, 0) is 41.3 Å². The second-order valence-corrected chi connectivity index (χ2v) is 6.88. The van der Waals surface area contributed by atoms with Crippen molar-refractivity contribution in [2.45, 2.75) is 25.0 Å². The summed E-state index contributed by atoms with van der Waals surface area (Å²) in [6.45, 7) is 0.980. The number of nitrogens with zero attached hydrogens (tertiary/aromatic N) is 2. The second kappa shape index (κ2) is 5.71. The summed E-state index contributed by atoms with van der Waals surface area (Å²) < 4.78 is 0. The van der Waals surface area contributed by atoms with Crippen LogP contribution in [0, 0.1) is 0 Å². The van der Waals surface area contributed by atoms with Crippen molar-refractivity contribution in [3.63, 3.8) is 0 Å². The van der Waals surface area contributed by atoms with Crippen LogP contribution in [0.15, 0.2) is 72.8 Å². The van der Waals surface area contributed by atoms with Gasteiger partial charge in [0, 0.05) is 12.2 Å². The molecule has 0 unspecified atom stereocenters. The largest absolute Gasteiger partial charge is 0.291 e. The Kier molecular flexibility index (Phi) is 3.35. The first-order valence-electron chi connectivity index (χ1n) is 8.96. The number of benzene rings is 3. The van der Waals surface area contributed by atoms with E-state index in [1.54, 1.807) is 0 Å². The highest BCUT2D eigenvalue weighted by Gasteiger charge is 2.49. The molecule has 25 heavy (non-hydrogen) atoms. The lowest BCUT2D eigenvalue weighted by Gasteiger charge is -2.30. The van der Waals surface area contributed by atoms with E-state index in [0.29, 0.717) is 0 Å². The lowest BCUT2D eigenvalue weighted by Crippen LogP contribution is -2.32. The minimum atomic E-state index is -0.0199. The van der Waals surface area contributed by atoms with Crippen molar-refractivity contribution >= 4 is 22.4 Å². The number of para-hydroxylation sites is 1. The number of anilines is 1. The van der Waals surface area contributed by atoms with E-state index in [9.17, 15) is 4.79 Å². The fourth-order valence-corrected chi connectivity index (χ4v) is 4.43. The van der Waals surface area contributed by atoms with Crippen LogP contribution in [0.4, 0.5) is 5.69 Å². The first-order chi connectivity index (χ1) is 12.3. The molecular formula is C22H20N2O.